The third-order valence-electron chi connectivity index (χ3n) is 2.74. The van der Waals surface area contributed by atoms with E-state index in [-0.39, 0.29) is 17.0 Å². The Morgan fingerprint density at radius 1 is 1.29 bits per heavy atom. The van der Waals surface area contributed by atoms with Crippen LogP contribution < -0.4 is 16.0 Å². The van der Waals surface area contributed by atoms with E-state index in [0.29, 0.717) is 23.8 Å². The maximum atomic E-state index is 12.1. The van der Waals surface area contributed by atoms with Crippen LogP contribution in [0.4, 0.5) is 5.82 Å². The Hall–Kier alpha value is -1.82. The van der Waals surface area contributed by atoms with Gasteiger partial charge >= 0.3 is 0 Å². The molecule has 6 nitrogen and oxygen atoms in total. The van der Waals surface area contributed by atoms with Gasteiger partial charge in [0, 0.05) is 19.2 Å². The molecular weight excluding hydrogens is 292 g/mol. The van der Waals surface area contributed by atoms with E-state index >= 15 is 0 Å². The van der Waals surface area contributed by atoms with Gasteiger partial charge in [-0.3, -0.25) is 9.59 Å². The van der Waals surface area contributed by atoms with Crippen molar-refractivity contribution in [3.8, 4) is 0 Å². The molecule has 0 aliphatic rings. The van der Waals surface area contributed by atoms with Gasteiger partial charge in [-0.2, -0.15) is 0 Å². The van der Waals surface area contributed by atoms with E-state index in [2.05, 4.69) is 20.9 Å². The number of hydrogen-bond acceptors (Lipinski definition) is 4. The zero-order valence-corrected chi connectivity index (χ0v) is 13.4. The fourth-order valence-electron chi connectivity index (χ4n) is 1.56. The van der Waals surface area contributed by atoms with Gasteiger partial charge in [-0.1, -0.05) is 25.4 Å². The number of pyridine rings is 1. The Balaban J connectivity index is 2.68. The van der Waals surface area contributed by atoms with Crippen molar-refractivity contribution in [1.82, 2.24) is 15.6 Å². The molecule has 0 aliphatic heterocycles. The summed E-state index contributed by atoms with van der Waals surface area (Å²) >= 11 is 5.85. The molecule has 0 aromatic carbocycles. The third-order valence-corrected chi connectivity index (χ3v) is 2.93. The Kier molecular flexibility index (Phi) is 6.42. The molecule has 0 bridgehead atoms. The quantitative estimate of drug-likeness (QED) is 0.698. The second kappa shape index (κ2) is 7.83. The summed E-state index contributed by atoms with van der Waals surface area (Å²) in [4.78, 5) is 27.9. The molecule has 1 unspecified atom stereocenters. The molecule has 1 aromatic rings. The number of aromatic nitrogens is 1. The normalized spacial score (nSPS) is 11.9. The predicted molar refractivity (Wildman–Crippen MR) is 83.6 cm³/mol. The second-order valence-electron chi connectivity index (χ2n) is 5.15. The number of halogens is 1. The maximum Gasteiger partial charge on any atom is 0.252 e. The molecule has 1 atom stereocenters. The molecule has 21 heavy (non-hydrogen) atoms. The number of anilines is 1. The molecule has 0 fully saturated rings. The summed E-state index contributed by atoms with van der Waals surface area (Å²) in [7, 11) is 1.68. The van der Waals surface area contributed by atoms with Gasteiger partial charge in [-0.05, 0) is 25.0 Å². The molecule has 116 valence electrons. The van der Waals surface area contributed by atoms with Gasteiger partial charge < -0.3 is 16.0 Å². The van der Waals surface area contributed by atoms with Crippen LogP contribution in [-0.4, -0.2) is 36.4 Å². The highest BCUT2D eigenvalue weighted by molar-refractivity contribution is 6.29. The summed E-state index contributed by atoms with van der Waals surface area (Å²) in [6.07, 6.45) is 0. The highest BCUT2D eigenvalue weighted by Gasteiger charge is 2.17. The minimum absolute atomic E-state index is 0.212. The molecule has 1 heterocycles. The lowest BCUT2D eigenvalue weighted by molar-refractivity contribution is -0.122. The van der Waals surface area contributed by atoms with Crippen molar-refractivity contribution in [3.63, 3.8) is 0 Å². The minimum atomic E-state index is -0.624. The van der Waals surface area contributed by atoms with Crippen LogP contribution in [0.2, 0.25) is 5.15 Å². The van der Waals surface area contributed by atoms with Crippen molar-refractivity contribution in [1.29, 1.82) is 0 Å². The largest absolute Gasteiger partial charge is 0.373 e. The van der Waals surface area contributed by atoms with Crippen LogP contribution in [0.3, 0.4) is 0 Å². The topological polar surface area (TPSA) is 83.1 Å². The number of hydrogen-bond donors (Lipinski definition) is 3. The van der Waals surface area contributed by atoms with Crippen LogP contribution in [0.5, 0.6) is 0 Å². The van der Waals surface area contributed by atoms with Gasteiger partial charge in [0.25, 0.3) is 5.91 Å². The monoisotopic (exact) mass is 312 g/mol. The average Bonchev–Trinajstić information content (AvgIpc) is 2.43. The summed E-state index contributed by atoms with van der Waals surface area (Å²) < 4.78 is 0. The van der Waals surface area contributed by atoms with Crippen molar-refractivity contribution in [3.05, 3.63) is 22.8 Å². The fraction of sp³-hybridized carbons (Fsp3) is 0.500. The highest BCUT2D eigenvalue weighted by atomic mass is 35.5. The number of carbonyl (C=O) groups excluding carboxylic acids is 2. The number of amides is 2. The first-order chi connectivity index (χ1) is 9.83. The van der Waals surface area contributed by atoms with Crippen LogP contribution in [0, 0.1) is 5.92 Å². The molecule has 0 spiro atoms. The summed E-state index contributed by atoms with van der Waals surface area (Å²) in [5, 5.41) is 8.43. The van der Waals surface area contributed by atoms with Crippen LogP contribution in [-0.2, 0) is 4.79 Å². The van der Waals surface area contributed by atoms with Gasteiger partial charge in [0.2, 0.25) is 5.91 Å². The molecule has 7 heteroatoms. The molecule has 1 aromatic heterocycles. The van der Waals surface area contributed by atoms with E-state index in [1.54, 1.807) is 20.0 Å². The van der Waals surface area contributed by atoms with Crippen molar-refractivity contribution >= 4 is 29.2 Å². The van der Waals surface area contributed by atoms with Crippen molar-refractivity contribution < 1.29 is 9.59 Å². The average molecular weight is 313 g/mol. The van der Waals surface area contributed by atoms with E-state index in [4.69, 9.17) is 11.6 Å². The lowest BCUT2D eigenvalue weighted by atomic mass is 10.2. The number of carbonyl (C=O) groups is 2. The van der Waals surface area contributed by atoms with Gasteiger partial charge in [0.1, 0.15) is 17.0 Å². The second-order valence-corrected chi connectivity index (χ2v) is 5.54. The van der Waals surface area contributed by atoms with Crippen molar-refractivity contribution in [2.75, 3.05) is 18.9 Å². The Labute approximate surface area is 129 Å². The first kappa shape index (κ1) is 17.2. The smallest absolute Gasteiger partial charge is 0.252 e. The van der Waals surface area contributed by atoms with Crippen LogP contribution in [0.1, 0.15) is 31.1 Å². The maximum absolute atomic E-state index is 12.1. The fourth-order valence-corrected chi connectivity index (χ4v) is 1.77. The van der Waals surface area contributed by atoms with Gasteiger partial charge in [0.15, 0.2) is 0 Å². The zero-order valence-electron chi connectivity index (χ0n) is 12.7. The standard InChI is InChI=1S/C14H21ClN4O2/c1-8(2)7-17-13(20)9(3)18-14(21)10-5-11(15)19-12(6-10)16-4/h5-6,8-9H,7H2,1-4H3,(H,16,19)(H,17,20)(H,18,21). The molecule has 3 N–H and O–H groups in total. The number of nitrogens with zero attached hydrogens (tertiary/aromatic N) is 1. The van der Waals surface area contributed by atoms with Gasteiger partial charge in [-0.25, -0.2) is 4.98 Å². The summed E-state index contributed by atoms with van der Waals surface area (Å²) in [6.45, 7) is 6.21. The van der Waals surface area contributed by atoms with Crippen molar-refractivity contribution in [2.45, 2.75) is 26.8 Å². The van der Waals surface area contributed by atoms with E-state index in [9.17, 15) is 9.59 Å². The molecular formula is C14H21ClN4O2. The minimum Gasteiger partial charge on any atom is -0.373 e. The molecule has 0 radical (unpaired) electrons. The summed E-state index contributed by atoms with van der Waals surface area (Å²) in [5.74, 6) is 0.257. The molecule has 0 saturated heterocycles. The van der Waals surface area contributed by atoms with E-state index in [1.165, 1.54) is 6.07 Å². The summed E-state index contributed by atoms with van der Waals surface area (Å²) in [5.41, 5.74) is 0.350. The Morgan fingerprint density at radius 2 is 1.95 bits per heavy atom. The molecule has 1 rings (SSSR count). The third kappa shape index (κ3) is 5.59. The molecule has 2 amide bonds. The molecule has 0 aliphatic carbocycles. The van der Waals surface area contributed by atoms with Gasteiger partial charge in [0.05, 0.1) is 0 Å². The number of nitrogens with one attached hydrogen (secondary N) is 3. The lowest BCUT2D eigenvalue weighted by Crippen LogP contribution is -2.45. The lowest BCUT2D eigenvalue weighted by Gasteiger charge is -2.15. The predicted octanol–water partition coefficient (Wildman–Crippen LogP) is 1.67. The highest BCUT2D eigenvalue weighted by Crippen LogP contribution is 2.14. The first-order valence-electron chi connectivity index (χ1n) is 6.77. The van der Waals surface area contributed by atoms with Crippen LogP contribution in [0.25, 0.3) is 0 Å². The first-order valence-corrected chi connectivity index (χ1v) is 7.15. The SMILES string of the molecule is CNc1cc(C(=O)NC(C)C(=O)NCC(C)C)cc(Cl)n1. The van der Waals surface area contributed by atoms with E-state index in [0.717, 1.165) is 0 Å². The van der Waals surface area contributed by atoms with E-state index < -0.39 is 6.04 Å². The van der Waals surface area contributed by atoms with Gasteiger partial charge in [-0.15, -0.1) is 0 Å². The molecule has 0 saturated carbocycles. The Morgan fingerprint density at radius 3 is 2.52 bits per heavy atom. The van der Waals surface area contributed by atoms with Crippen LogP contribution >= 0.6 is 11.6 Å². The van der Waals surface area contributed by atoms with Crippen molar-refractivity contribution in [2.24, 2.45) is 5.92 Å². The Bertz CT molecular complexity index is 520. The summed E-state index contributed by atoms with van der Waals surface area (Å²) in [6, 6.07) is 2.40. The number of rotatable bonds is 6. The zero-order chi connectivity index (χ0) is 16.0. The van der Waals surface area contributed by atoms with Crippen LogP contribution in [0.15, 0.2) is 12.1 Å². The van der Waals surface area contributed by atoms with E-state index in [1.807, 2.05) is 13.8 Å².